The van der Waals surface area contributed by atoms with Crippen LogP contribution in [0.2, 0.25) is 5.02 Å². The minimum absolute atomic E-state index is 0.121. The molecule has 0 aliphatic carbocycles. The van der Waals surface area contributed by atoms with E-state index < -0.39 is 0 Å². The Balaban J connectivity index is 1.39. The third-order valence-corrected chi connectivity index (χ3v) is 5.95. The molecule has 1 atom stereocenters. The molecule has 1 amide bonds. The van der Waals surface area contributed by atoms with Crippen LogP contribution in [0.3, 0.4) is 0 Å². The number of nitrogens with zero attached hydrogens (tertiary/aromatic N) is 2. The fourth-order valence-corrected chi connectivity index (χ4v) is 4.08. The highest BCUT2D eigenvalue weighted by Crippen LogP contribution is 2.37. The van der Waals surface area contributed by atoms with Crippen LogP contribution in [-0.4, -0.2) is 48.2 Å². The van der Waals surface area contributed by atoms with Crippen LogP contribution < -0.4 is 9.47 Å². The maximum atomic E-state index is 13.1. The Morgan fingerprint density at radius 2 is 1.83 bits per heavy atom. The highest BCUT2D eigenvalue weighted by Gasteiger charge is 2.25. The second kappa shape index (κ2) is 8.59. The summed E-state index contributed by atoms with van der Waals surface area (Å²) in [5, 5.41) is 0.577. The van der Waals surface area contributed by atoms with E-state index in [1.54, 1.807) is 6.07 Å². The molecule has 0 spiro atoms. The molecule has 5 nitrogen and oxygen atoms in total. The number of hydrogen-bond acceptors (Lipinski definition) is 4. The second-order valence-corrected chi connectivity index (χ2v) is 7.98. The maximum absolute atomic E-state index is 13.1. The molecule has 2 aromatic rings. The van der Waals surface area contributed by atoms with E-state index in [1.165, 1.54) is 12.1 Å². The maximum Gasteiger partial charge on any atom is 0.231 e. The van der Waals surface area contributed by atoms with Gasteiger partial charge in [-0.15, -0.1) is 0 Å². The van der Waals surface area contributed by atoms with Gasteiger partial charge in [0.1, 0.15) is 5.82 Å². The largest absolute Gasteiger partial charge is 0.454 e. The first-order chi connectivity index (χ1) is 14.0. The van der Waals surface area contributed by atoms with Gasteiger partial charge in [0.05, 0.1) is 0 Å². The van der Waals surface area contributed by atoms with E-state index in [0.29, 0.717) is 42.6 Å². The standard InChI is InChI=1S/C22H24ClFN2O3/c1-15(10-16-2-4-18(24)5-3-16)25-7-6-22(27)26(9-8-25)13-17-11-20-21(12-19(17)23)29-14-28-20/h2-5,11-12,15H,6-10,13-14H2,1H3/t15-/m1/s1. The fraction of sp³-hybridized carbons (Fsp3) is 0.409. The highest BCUT2D eigenvalue weighted by molar-refractivity contribution is 6.31. The van der Waals surface area contributed by atoms with E-state index >= 15 is 0 Å². The number of amides is 1. The normalized spacial score (nSPS) is 18.0. The Bertz CT molecular complexity index is 890. The Morgan fingerprint density at radius 1 is 1.10 bits per heavy atom. The number of fused-ring (bicyclic) bond motifs is 1. The molecule has 7 heteroatoms. The first-order valence-electron chi connectivity index (χ1n) is 9.84. The van der Waals surface area contributed by atoms with Crippen LogP contribution in [-0.2, 0) is 17.8 Å². The Morgan fingerprint density at radius 3 is 2.59 bits per heavy atom. The minimum Gasteiger partial charge on any atom is -0.454 e. The topological polar surface area (TPSA) is 42.0 Å². The first kappa shape index (κ1) is 20.0. The van der Waals surface area contributed by atoms with Crippen LogP contribution in [0.15, 0.2) is 36.4 Å². The molecule has 2 aliphatic heterocycles. The van der Waals surface area contributed by atoms with Crippen molar-refractivity contribution in [3.63, 3.8) is 0 Å². The summed E-state index contributed by atoms with van der Waals surface area (Å²) in [6, 6.07) is 10.5. The van der Waals surface area contributed by atoms with Gasteiger partial charge in [0.15, 0.2) is 11.5 Å². The number of carbonyl (C=O) groups excluding carboxylic acids is 1. The number of ether oxygens (including phenoxy) is 2. The fourth-order valence-electron chi connectivity index (χ4n) is 3.87. The zero-order valence-corrected chi connectivity index (χ0v) is 17.1. The summed E-state index contributed by atoms with van der Waals surface area (Å²) in [7, 11) is 0. The third kappa shape index (κ3) is 4.65. The Kier molecular flexibility index (Phi) is 5.92. The van der Waals surface area contributed by atoms with Gasteiger partial charge in [-0.25, -0.2) is 4.39 Å². The highest BCUT2D eigenvalue weighted by atomic mass is 35.5. The number of hydrogen-bond donors (Lipinski definition) is 0. The van der Waals surface area contributed by atoms with Crippen molar-refractivity contribution in [2.75, 3.05) is 26.4 Å². The molecular weight excluding hydrogens is 395 g/mol. The lowest BCUT2D eigenvalue weighted by Crippen LogP contribution is -2.38. The number of halogens is 2. The van der Waals surface area contributed by atoms with Crippen molar-refractivity contribution in [1.82, 2.24) is 9.80 Å². The van der Waals surface area contributed by atoms with Gasteiger partial charge < -0.3 is 14.4 Å². The van der Waals surface area contributed by atoms with Crippen molar-refractivity contribution in [3.8, 4) is 11.5 Å². The van der Waals surface area contributed by atoms with E-state index in [2.05, 4.69) is 11.8 Å². The predicted molar refractivity (Wildman–Crippen MR) is 109 cm³/mol. The molecule has 0 radical (unpaired) electrons. The van der Waals surface area contributed by atoms with E-state index in [-0.39, 0.29) is 24.6 Å². The van der Waals surface area contributed by atoms with Gasteiger partial charge in [0, 0.05) is 49.7 Å². The summed E-state index contributed by atoms with van der Waals surface area (Å²) >= 11 is 6.39. The summed E-state index contributed by atoms with van der Waals surface area (Å²) in [6.45, 7) is 4.94. The van der Waals surface area contributed by atoms with Gasteiger partial charge in [0.25, 0.3) is 0 Å². The van der Waals surface area contributed by atoms with Crippen LogP contribution in [0.5, 0.6) is 11.5 Å². The molecule has 2 aliphatic rings. The quantitative estimate of drug-likeness (QED) is 0.739. The van der Waals surface area contributed by atoms with Gasteiger partial charge in [-0.2, -0.15) is 0 Å². The minimum atomic E-state index is -0.223. The molecule has 29 heavy (non-hydrogen) atoms. The molecule has 0 bridgehead atoms. The molecule has 2 heterocycles. The van der Waals surface area contributed by atoms with Crippen molar-refractivity contribution < 1.29 is 18.7 Å². The molecule has 154 valence electrons. The number of carbonyl (C=O) groups is 1. The van der Waals surface area contributed by atoms with Gasteiger partial charge >= 0.3 is 0 Å². The molecule has 0 unspecified atom stereocenters. The van der Waals surface area contributed by atoms with Crippen molar-refractivity contribution in [2.45, 2.75) is 32.4 Å². The molecule has 0 N–H and O–H groups in total. The molecule has 1 saturated heterocycles. The number of rotatable bonds is 5. The Hall–Kier alpha value is -2.31. The summed E-state index contributed by atoms with van der Waals surface area (Å²) in [6.07, 6.45) is 1.29. The first-order valence-corrected chi connectivity index (χ1v) is 10.2. The average molecular weight is 419 g/mol. The van der Waals surface area contributed by atoms with Crippen molar-refractivity contribution in [3.05, 3.63) is 58.4 Å². The van der Waals surface area contributed by atoms with Crippen LogP contribution in [0.1, 0.15) is 24.5 Å². The summed E-state index contributed by atoms with van der Waals surface area (Å²) in [5.41, 5.74) is 1.95. The van der Waals surface area contributed by atoms with E-state index in [0.717, 1.165) is 24.1 Å². The second-order valence-electron chi connectivity index (χ2n) is 7.58. The monoisotopic (exact) mass is 418 g/mol. The molecule has 0 aromatic heterocycles. The zero-order chi connectivity index (χ0) is 20.4. The molecule has 4 rings (SSSR count). The van der Waals surface area contributed by atoms with Crippen LogP contribution in [0, 0.1) is 5.82 Å². The van der Waals surface area contributed by atoms with E-state index in [1.807, 2.05) is 23.1 Å². The Labute approximate surface area is 175 Å². The lowest BCUT2D eigenvalue weighted by molar-refractivity contribution is -0.130. The van der Waals surface area contributed by atoms with Gasteiger partial charge in [-0.1, -0.05) is 23.7 Å². The molecule has 0 saturated carbocycles. The summed E-state index contributed by atoms with van der Waals surface area (Å²) in [5.74, 6) is 1.21. The van der Waals surface area contributed by atoms with Gasteiger partial charge in [-0.3, -0.25) is 9.69 Å². The van der Waals surface area contributed by atoms with Crippen LogP contribution in [0.4, 0.5) is 4.39 Å². The molecular formula is C22H24ClFN2O3. The van der Waals surface area contributed by atoms with Crippen LogP contribution >= 0.6 is 11.6 Å². The SMILES string of the molecule is C[C@H](Cc1ccc(F)cc1)N1CCC(=O)N(Cc2cc3c(cc2Cl)OCO3)CC1. The average Bonchev–Trinajstić information content (AvgIpc) is 3.07. The lowest BCUT2D eigenvalue weighted by atomic mass is 10.1. The molecule has 1 fully saturated rings. The van der Waals surface area contributed by atoms with Crippen molar-refractivity contribution >= 4 is 17.5 Å². The lowest BCUT2D eigenvalue weighted by Gasteiger charge is -2.28. The third-order valence-electron chi connectivity index (χ3n) is 5.59. The predicted octanol–water partition coefficient (Wildman–Crippen LogP) is 3.87. The van der Waals surface area contributed by atoms with Crippen molar-refractivity contribution in [1.29, 1.82) is 0 Å². The summed E-state index contributed by atoms with van der Waals surface area (Å²) in [4.78, 5) is 16.9. The van der Waals surface area contributed by atoms with E-state index in [9.17, 15) is 9.18 Å². The van der Waals surface area contributed by atoms with Crippen molar-refractivity contribution in [2.24, 2.45) is 0 Å². The molecule has 2 aromatic carbocycles. The van der Waals surface area contributed by atoms with Gasteiger partial charge in [0.2, 0.25) is 12.7 Å². The van der Waals surface area contributed by atoms with Crippen LogP contribution in [0.25, 0.3) is 0 Å². The van der Waals surface area contributed by atoms with Gasteiger partial charge in [-0.05, 0) is 42.7 Å². The zero-order valence-electron chi connectivity index (χ0n) is 16.4. The number of benzene rings is 2. The summed E-state index contributed by atoms with van der Waals surface area (Å²) < 4.78 is 23.9. The smallest absolute Gasteiger partial charge is 0.231 e. The van der Waals surface area contributed by atoms with E-state index in [4.69, 9.17) is 21.1 Å².